The molecular formula is C30H34FN5O4S2. The van der Waals surface area contributed by atoms with Crippen molar-refractivity contribution in [3.8, 4) is 6.07 Å². The first-order valence-electron chi connectivity index (χ1n) is 14.1. The highest BCUT2D eigenvalue weighted by atomic mass is 32.2. The normalized spacial score (nSPS) is 16.4. The van der Waals surface area contributed by atoms with Crippen LogP contribution in [0.3, 0.4) is 0 Å². The van der Waals surface area contributed by atoms with Gasteiger partial charge in [0.05, 0.1) is 4.91 Å². The molecule has 2 aliphatic heterocycles. The second-order valence-corrected chi connectivity index (χ2v) is 12.0. The minimum Gasteiger partial charge on any atom is -0.481 e. The smallest absolute Gasteiger partial charge is 0.303 e. The van der Waals surface area contributed by atoms with Gasteiger partial charge in [-0.05, 0) is 62.1 Å². The third-order valence-corrected chi connectivity index (χ3v) is 8.86. The summed E-state index contributed by atoms with van der Waals surface area (Å²) in [6.45, 7) is 6.99. The van der Waals surface area contributed by atoms with Gasteiger partial charge in [0.1, 0.15) is 27.6 Å². The van der Waals surface area contributed by atoms with Crippen molar-refractivity contribution in [1.29, 1.82) is 5.26 Å². The third kappa shape index (κ3) is 6.85. The molecule has 1 amide bonds. The number of nitrogens with zero attached hydrogens (tertiary/aromatic N) is 5. The lowest BCUT2D eigenvalue weighted by atomic mass is 10.0. The highest BCUT2D eigenvalue weighted by molar-refractivity contribution is 8.26. The van der Waals surface area contributed by atoms with Crippen LogP contribution in [0.5, 0.6) is 0 Å². The molecule has 3 heterocycles. The Bertz CT molecular complexity index is 1490. The van der Waals surface area contributed by atoms with E-state index >= 15 is 0 Å². The Labute approximate surface area is 254 Å². The molecule has 0 spiro atoms. The topological polar surface area (TPSA) is 110 Å². The molecule has 12 heteroatoms. The van der Waals surface area contributed by atoms with Gasteiger partial charge >= 0.3 is 5.97 Å². The number of unbranched alkanes of at least 4 members (excludes halogenated alkanes) is 2. The molecule has 4 rings (SSSR count). The van der Waals surface area contributed by atoms with Gasteiger partial charge in [-0.25, -0.2) is 4.39 Å². The lowest BCUT2D eigenvalue weighted by Gasteiger charge is -2.39. The number of thioether (sulfide) groups is 1. The van der Waals surface area contributed by atoms with Gasteiger partial charge in [-0.2, -0.15) is 5.26 Å². The first-order chi connectivity index (χ1) is 20.2. The lowest BCUT2D eigenvalue weighted by Crippen LogP contribution is -2.48. The molecule has 0 bridgehead atoms. The molecule has 222 valence electrons. The summed E-state index contributed by atoms with van der Waals surface area (Å²) >= 11 is 6.70. The maximum absolute atomic E-state index is 13.5. The zero-order valence-electron chi connectivity index (χ0n) is 23.8. The van der Waals surface area contributed by atoms with Crippen LogP contribution >= 0.6 is 24.0 Å². The monoisotopic (exact) mass is 611 g/mol. The van der Waals surface area contributed by atoms with Crippen LogP contribution in [-0.2, 0) is 16.1 Å². The van der Waals surface area contributed by atoms with Gasteiger partial charge in [0, 0.05) is 56.9 Å². The number of piperazine rings is 1. The molecule has 42 heavy (non-hydrogen) atoms. The maximum atomic E-state index is 13.5. The summed E-state index contributed by atoms with van der Waals surface area (Å²) in [5, 5.41) is 18.7. The fourth-order valence-corrected chi connectivity index (χ4v) is 6.58. The van der Waals surface area contributed by atoms with Gasteiger partial charge in [0.15, 0.2) is 0 Å². The maximum Gasteiger partial charge on any atom is 0.303 e. The van der Waals surface area contributed by atoms with Crippen molar-refractivity contribution in [3.63, 3.8) is 0 Å². The number of anilines is 2. The first-order valence-corrected chi connectivity index (χ1v) is 15.3. The molecule has 0 unspecified atom stereocenters. The predicted octanol–water partition coefficient (Wildman–Crippen LogP) is 4.75. The highest BCUT2D eigenvalue weighted by Crippen LogP contribution is 2.36. The molecule has 9 nitrogen and oxygen atoms in total. The van der Waals surface area contributed by atoms with Gasteiger partial charge in [-0.15, -0.1) is 0 Å². The third-order valence-electron chi connectivity index (χ3n) is 7.49. The van der Waals surface area contributed by atoms with Crippen LogP contribution in [-0.4, -0.2) is 63.5 Å². The number of carbonyl (C=O) groups is 2. The van der Waals surface area contributed by atoms with Crippen LogP contribution in [0.2, 0.25) is 0 Å². The molecule has 1 aromatic carbocycles. The Morgan fingerprint density at radius 3 is 2.38 bits per heavy atom. The van der Waals surface area contributed by atoms with E-state index in [9.17, 15) is 24.0 Å². The Balaban J connectivity index is 1.66. The minimum atomic E-state index is -0.840. The Morgan fingerprint density at radius 2 is 1.76 bits per heavy atom. The first kappa shape index (κ1) is 31.3. The number of carboxylic acids is 1. The molecule has 2 aromatic rings. The summed E-state index contributed by atoms with van der Waals surface area (Å²) < 4.78 is 15.5. The molecule has 0 saturated carbocycles. The summed E-state index contributed by atoms with van der Waals surface area (Å²) in [5.74, 6) is -0.687. The van der Waals surface area contributed by atoms with Gasteiger partial charge in [-0.1, -0.05) is 37.3 Å². The number of pyridine rings is 1. The van der Waals surface area contributed by atoms with Crippen molar-refractivity contribution < 1.29 is 19.1 Å². The largest absolute Gasteiger partial charge is 0.481 e. The second-order valence-electron chi connectivity index (χ2n) is 10.3. The number of halogens is 1. The van der Waals surface area contributed by atoms with E-state index in [2.05, 4.69) is 15.9 Å². The van der Waals surface area contributed by atoms with Crippen LogP contribution in [0.1, 0.15) is 55.7 Å². The minimum absolute atomic E-state index is 0.0531. The quantitative estimate of drug-likeness (QED) is 0.219. The van der Waals surface area contributed by atoms with Crippen molar-refractivity contribution in [2.45, 2.75) is 52.5 Å². The Hall–Kier alpha value is -3.69. The standard InChI is InChI=1S/C30H34FN5O4S2/c1-3-12-35-27(34-16-14-33(15-17-34)22-10-8-21(31)9-11-22)23(20(2)24(19-32)28(35)39)18-25-29(40)36(30(41)42-25)13-6-4-5-7-26(37)38/h8-11,18H,3-7,12-17H2,1-2H3,(H,37,38)/b25-18+. The van der Waals surface area contributed by atoms with Crippen LogP contribution in [0.4, 0.5) is 15.9 Å². The van der Waals surface area contributed by atoms with E-state index in [1.54, 1.807) is 29.7 Å². The zero-order chi connectivity index (χ0) is 30.4. The number of hydrogen-bond donors (Lipinski definition) is 1. The van der Waals surface area contributed by atoms with Crippen LogP contribution in [0.25, 0.3) is 6.08 Å². The van der Waals surface area contributed by atoms with Crippen molar-refractivity contribution in [2.24, 2.45) is 0 Å². The van der Waals surface area contributed by atoms with Crippen LogP contribution in [0.15, 0.2) is 34.0 Å². The fraction of sp³-hybridized carbons (Fsp3) is 0.433. The molecule has 2 fully saturated rings. The molecule has 0 atom stereocenters. The van der Waals surface area contributed by atoms with Crippen LogP contribution < -0.4 is 15.4 Å². The summed E-state index contributed by atoms with van der Waals surface area (Å²) in [7, 11) is 0. The average molecular weight is 612 g/mol. The number of nitriles is 1. The molecule has 2 aliphatic rings. The Morgan fingerprint density at radius 1 is 1.10 bits per heavy atom. The summed E-state index contributed by atoms with van der Waals surface area (Å²) in [6, 6.07) is 8.46. The van der Waals surface area contributed by atoms with E-state index in [0.717, 1.165) is 5.69 Å². The average Bonchev–Trinajstić information content (AvgIpc) is 3.23. The molecule has 1 N–H and O–H groups in total. The van der Waals surface area contributed by atoms with E-state index in [1.165, 1.54) is 28.8 Å². The van der Waals surface area contributed by atoms with Gasteiger partial charge in [0.25, 0.3) is 11.5 Å². The number of hydrogen-bond acceptors (Lipinski definition) is 8. The van der Waals surface area contributed by atoms with E-state index in [1.807, 2.05) is 6.92 Å². The van der Waals surface area contributed by atoms with Crippen molar-refractivity contribution in [3.05, 3.63) is 62.0 Å². The van der Waals surface area contributed by atoms with Gasteiger partial charge < -0.3 is 14.9 Å². The number of amides is 1. The molecule has 1 aromatic heterocycles. The molecule has 0 aliphatic carbocycles. The van der Waals surface area contributed by atoms with Gasteiger partial charge in [-0.3, -0.25) is 23.9 Å². The van der Waals surface area contributed by atoms with Crippen molar-refractivity contribution >= 4 is 57.8 Å². The molecule has 2 saturated heterocycles. The molecular weight excluding hydrogens is 577 g/mol. The number of benzene rings is 1. The summed E-state index contributed by atoms with van der Waals surface area (Å²) in [6.07, 6.45) is 4.37. The zero-order valence-corrected chi connectivity index (χ0v) is 25.4. The van der Waals surface area contributed by atoms with E-state index in [4.69, 9.17) is 17.3 Å². The van der Waals surface area contributed by atoms with Gasteiger partial charge in [0.2, 0.25) is 0 Å². The number of aromatic nitrogens is 1. The van der Waals surface area contributed by atoms with Crippen LogP contribution in [0, 0.1) is 24.1 Å². The highest BCUT2D eigenvalue weighted by Gasteiger charge is 2.33. The number of carbonyl (C=O) groups excluding carboxylic acids is 1. The van der Waals surface area contributed by atoms with Crippen molar-refractivity contribution in [2.75, 3.05) is 42.5 Å². The number of aliphatic carboxylic acids is 1. The Kier molecular flexibility index (Phi) is 10.4. The fourth-order valence-electron chi connectivity index (χ4n) is 5.29. The predicted molar refractivity (Wildman–Crippen MR) is 167 cm³/mol. The SMILES string of the molecule is CCCn1c(N2CCN(c3ccc(F)cc3)CC2)c(/C=C2/SC(=S)N(CCCCCC(=O)O)C2=O)c(C)c(C#N)c1=O. The van der Waals surface area contributed by atoms with E-state index < -0.39 is 5.97 Å². The summed E-state index contributed by atoms with van der Waals surface area (Å²) in [5.41, 5.74) is 1.79. The summed E-state index contributed by atoms with van der Waals surface area (Å²) in [4.78, 5) is 43.9. The molecule has 0 radical (unpaired) electrons. The lowest BCUT2D eigenvalue weighted by molar-refractivity contribution is -0.137. The number of carboxylic acid groups (broad SMARTS) is 1. The van der Waals surface area contributed by atoms with E-state index in [-0.39, 0.29) is 29.3 Å². The number of thiocarbonyl (C=S) groups is 1. The van der Waals surface area contributed by atoms with Crippen molar-refractivity contribution in [1.82, 2.24) is 9.47 Å². The second kappa shape index (κ2) is 14.0. The number of rotatable bonds is 11. The van der Waals surface area contributed by atoms with E-state index in [0.29, 0.717) is 91.1 Å².